The van der Waals surface area contributed by atoms with Gasteiger partial charge in [-0.3, -0.25) is 0 Å². The Morgan fingerprint density at radius 1 is 1.58 bits per heavy atom. The van der Waals surface area contributed by atoms with E-state index in [1.807, 2.05) is 0 Å². The maximum atomic E-state index is 12.0. The minimum Gasteiger partial charge on any atom is -0.462 e. The van der Waals surface area contributed by atoms with E-state index in [0.29, 0.717) is 29.2 Å². The molecule has 1 saturated carbocycles. The fourth-order valence-electron chi connectivity index (χ4n) is 2.10. The fourth-order valence-corrected chi connectivity index (χ4v) is 2.10. The van der Waals surface area contributed by atoms with Crippen molar-refractivity contribution in [2.24, 2.45) is 0 Å². The molecule has 3 rings (SSSR count). The lowest BCUT2D eigenvalue weighted by atomic mass is 10.1. The third-order valence-corrected chi connectivity index (χ3v) is 3.18. The molecule has 2 heterocycles. The van der Waals surface area contributed by atoms with E-state index in [4.69, 9.17) is 9.26 Å². The molecule has 0 radical (unpaired) electrons. The molecule has 2 aromatic rings. The van der Waals surface area contributed by atoms with Gasteiger partial charge >= 0.3 is 5.97 Å². The largest absolute Gasteiger partial charge is 0.462 e. The number of ether oxygens (including phenoxy) is 1. The number of hydrogen-bond donors (Lipinski definition) is 1. The lowest BCUT2D eigenvalue weighted by molar-refractivity contribution is 0.0528. The number of aliphatic hydroxyl groups is 1. The maximum Gasteiger partial charge on any atom is 0.339 e. The quantitative estimate of drug-likeness (QED) is 0.845. The van der Waals surface area contributed by atoms with Gasteiger partial charge < -0.3 is 14.4 Å². The van der Waals surface area contributed by atoms with Crippen LogP contribution in [0.4, 0.5) is 0 Å². The summed E-state index contributed by atoms with van der Waals surface area (Å²) in [5.41, 5.74) is 1.81. The van der Waals surface area contributed by atoms with Crippen molar-refractivity contribution in [3.63, 3.8) is 0 Å². The van der Waals surface area contributed by atoms with Crippen LogP contribution in [-0.4, -0.2) is 27.8 Å². The molecule has 0 amide bonds. The van der Waals surface area contributed by atoms with Gasteiger partial charge in [-0.05, 0) is 25.8 Å². The number of rotatable bonds is 4. The summed E-state index contributed by atoms with van der Waals surface area (Å²) in [6.07, 6.45) is 2.14. The molecule has 1 N–H and O–H groups in total. The molecule has 6 nitrogen and oxygen atoms in total. The number of pyridine rings is 1. The average Bonchev–Trinajstić information content (AvgIpc) is 3.18. The molecule has 1 aliphatic carbocycles. The second-order valence-corrected chi connectivity index (χ2v) is 4.56. The highest BCUT2D eigenvalue weighted by Gasteiger charge is 2.29. The molecule has 0 bridgehead atoms. The third kappa shape index (κ3) is 2.08. The Hall–Kier alpha value is -1.95. The zero-order chi connectivity index (χ0) is 13.4. The summed E-state index contributed by atoms with van der Waals surface area (Å²) in [6, 6.07) is 1.73. The molecule has 2 aromatic heterocycles. The summed E-state index contributed by atoms with van der Waals surface area (Å²) >= 11 is 0. The molecule has 100 valence electrons. The normalized spacial score (nSPS) is 14.8. The lowest BCUT2D eigenvalue weighted by Gasteiger charge is -2.05. The summed E-state index contributed by atoms with van der Waals surface area (Å²) < 4.78 is 10.1. The van der Waals surface area contributed by atoms with Crippen molar-refractivity contribution in [3.8, 4) is 0 Å². The summed E-state index contributed by atoms with van der Waals surface area (Å²) in [5.74, 6) is -0.0463. The molecular weight excluding hydrogens is 248 g/mol. The van der Waals surface area contributed by atoms with Crippen molar-refractivity contribution >= 4 is 17.1 Å². The molecule has 0 aliphatic heterocycles. The van der Waals surface area contributed by atoms with Gasteiger partial charge in [-0.1, -0.05) is 5.16 Å². The Bertz CT molecular complexity index is 631. The van der Waals surface area contributed by atoms with Crippen LogP contribution >= 0.6 is 0 Å². The SMILES string of the molecule is CCOC(=O)c1cc(C2CC2)nc2onc(CO)c12. The van der Waals surface area contributed by atoms with E-state index in [9.17, 15) is 9.90 Å². The molecule has 6 heteroatoms. The Morgan fingerprint density at radius 2 is 2.37 bits per heavy atom. The van der Waals surface area contributed by atoms with E-state index in [1.54, 1.807) is 13.0 Å². The van der Waals surface area contributed by atoms with Crippen LogP contribution in [0.15, 0.2) is 10.6 Å². The van der Waals surface area contributed by atoms with E-state index in [0.717, 1.165) is 18.5 Å². The number of aromatic nitrogens is 2. The van der Waals surface area contributed by atoms with Gasteiger partial charge in [0.2, 0.25) is 0 Å². The van der Waals surface area contributed by atoms with Gasteiger partial charge in [0, 0.05) is 11.6 Å². The molecule has 0 spiro atoms. The minimum absolute atomic E-state index is 0.288. The van der Waals surface area contributed by atoms with Crippen LogP contribution in [0, 0.1) is 0 Å². The predicted octanol–water partition coefficient (Wildman–Crippen LogP) is 1.77. The first kappa shape index (κ1) is 12.1. The Kier molecular flexibility index (Phi) is 2.94. The third-order valence-electron chi connectivity index (χ3n) is 3.18. The van der Waals surface area contributed by atoms with E-state index >= 15 is 0 Å². The van der Waals surface area contributed by atoms with Crippen molar-refractivity contribution in [1.82, 2.24) is 10.1 Å². The summed E-state index contributed by atoms with van der Waals surface area (Å²) in [6.45, 7) is 1.74. The number of carbonyl (C=O) groups excluding carboxylic acids is 1. The van der Waals surface area contributed by atoms with Gasteiger partial charge in [-0.2, -0.15) is 0 Å². The highest BCUT2D eigenvalue weighted by atomic mass is 16.5. The molecule has 0 saturated heterocycles. The topological polar surface area (TPSA) is 85.5 Å². The molecule has 1 fully saturated rings. The van der Waals surface area contributed by atoms with Crippen molar-refractivity contribution in [2.45, 2.75) is 32.3 Å². The van der Waals surface area contributed by atoms with Gasteiger partial charge in [-0.25, -0.2) is 9.78 Å². The van der Waals surface area contributed by atoms with Gasteiger partial charge in [0.15, 0.2) is 0 Å². The standard InChI is InChI=1S/C13H14N2O4/c1-2-18-13(17)8-5-9(7-3-4-7)14-12-11(8)10(6-16)15-19-12/h5,7,16H,2-4,6H2,1H3. The zero-order valence-electron chi connectivity index (χ0n) is 10.5. The summed E-state index contributed by atoms with van der Waals surface area (Å²) in [5, 5.41) is 13.4. The predicted molar refractivity (Wildman–Crippen MR) is 65.7 cm³/mol. The number of nitrogens with zero attached hydrogens (tertiary/aromatic N) is 2. The number of esters is 1. The van der Waals surface area contributed by atoms with E-state index in [1.165, 1.54) is 0 Å². The number of fused-ring (bicyclic) bond motifs is 1. The van der Waals surface area contributed by atoms with Gasteiger partial charge in [0.05, 0.1) is 24.2 Å². The van der Waals surface area contributed by atoms with Crippen molar-refractivity contribution in [2.75, 3.05) is 6.61 Å². The Labute approximate surface area is 109 Å². The van der Waals surface area contributed by atoms with Crippen LogP contribution in [-0.2, 0) is 11.3 Å². The van der Waals surface area contributed by atoms with E-state index < -0.39 is 5.97 Å². The van der Waals surface area contributed by atoms with Gasteiger partial charge in [0.25, 0.3) is 5.71 Å². The molecule has 0 unspecified atom stereocenters. The lowest BCUT2D eigenvalue weighted by Crippen LogP contribution is -2.07. The second-order valence-electron chi connectivity index (χ2n) is 4.56. The molecule has 19 heavy (non-hydrogen) atoms. The maximum absolute atomic E-state index is 12.0. The van der Waals surface area contributed by atoms with Crippen LogP contribution in [0.1, 0.15) is 47.4 Å². The molecular formula is C13H14N2O4. The molecule has 0 aromatic carbocycles. The fraction of sp³-hybridized carbons (Fsp3) is 0.462. The highest BCUT2D eigenvalue weighted by molar-refractivity contribution is 6.03. The summed E-state index contributed by atoms with van der Waals surface area (Å²) in [7, 11) is 0. The number of carbonyl (C=O) groups is 1. The smallest absolute Gasteiger partial charge is 0.339 e. The number of aliphatic hydroxyl groups excluding tert-OH is 1. The minimum atomic E-state index is -0.435. The zero-order valence-corrected chi connectivity index (χ0v) is 10.5. The van der Waals surface area contributed by atoms with Gasteiger partial charge in [-0.15, -0.1) is 0 Å². The van der Waals surface area contributed by atoms with E-state index in [-0.39, 0.29) is 12.3 Å². The van der Waals surface area contributed by atoms with Crippen LogP contribution in [0.25, 0.3) is 11.1 Å². The highest BCUT2D eigenvalue weighted by Crippen LogP contribution is 2.40. The first-order valence-corrected chi connectivity index (χ1v) is 6.31. The summed E-state index contributed by atoms with van der Waals surface area (Å²) in [4.78, 5) is 16.4. The Balaban J connectivity index is 2.18. The van der Waals surface area contributed by atoms with Crippen LogP contribution in [0.2, 0.25) is 0 Å². The van der Waals surface area contributed by atoms with Crippen molar-refractivity contribution < 1.29 is 19.2 Å². The molecule has 0 atom stereocenters. The first-order valence-electron chi connectivity index (χ1n) is 6.31. The average molecular weight is 262 g/mol. The Morgan fingerprint density at radius 3 is 3.00 bits per heavy atom. The van der Waals surface area contributed by atoms with Crippen LogP contribution in [0.3, 0.4) is 0 Å². The first-order chi connectivity index (χ1) is 9.24. The van der Waals surface area contributed by atoms with Crippen LogP contribution in [0.5, 0.6) is 0 Å². The molecule has 1 aliphatic rings. The van der Waals surface area contributed by atoms with E-state index in [2.05, 4.69) is 10.1 Å². The monoisotopic (exact) mass is 262 g/mol. The second kappa shape index (κ2) is 4.62. The number of hydrogen-bond acceptors (Lipinski definition) is 6. The van der Waals surface area contributed by atoms with Crippen molar-refractivity contribution in [1.29, 1.82) is 0 Å². The van der Waals surface area contributed by atoms with Crippen molar-refractivity contribution in [3.05, 3.63) is 23.0 Å². The van der Waals surface area contributed by atoms with Gasteiger partial charge in [0.1, 0.15) is 5.69 Å². The van der Waals surface area contributed by atoms with Crippen LogP contribution < -0.4 is 0 Å².